The van der Waals surface area contributed by atoms with Gasteiger partial charge in [0.15, 0.2) is 0 Å². The van der Waals surface area contributed by atoms with Gasteiger partial charge in [-0.2, -0.15) is 0 Å². The summed E-state index contributed by atoms with van der Waals surface area (Å²) in [5.74, 6) is -0.866. The zero-order valence-corrected chi connectivity index (χ0v) is 10.0. The summed E-state index contributed by atoms with van der Waals surface area (Å²) in [6.07, 6.45) is 0. The van der Waals surface area contributed by atoms with Gasteiger partial charge in [0.1, 0.15) is 0 Å². The van der Waals surface area contributed by atoms with E-state index in [0.29, 0.717) is 25.3 Å². The molecule has 4 heteroatoms. The van der Waals surface area contributed by atoms with Crippen molar-refractivity contribution in [3.8, 4) is 0 Å². The molecule has 0 aliphatic carbocycles. The van der Waals surface area contributed by atoms with Gasteiger partial charge in [-0.1, -0.05) is 12.1 Å². The van der Waals surface area contributed by atoms with E-state index < -0.39 is 11.7 Å². The Morgan fingerprint density at radius 2 is 2.06 bits per heavy atom. The Bertz CT molecular complexity index is 468. The summed E-state index contributed by atoms with van der Waals surface area (Å²) >= 11 is 0. The van der Waals surface area contributed by atoms with Crippen molar-refractivity contribution in [3.05, 3.63) is 29.3 Å². The molecule has 0 N–H and O–H groups in total. The molecule has 1 aliphatic heterocycles. The van der Waals surface area contributed by atoms with E-state index >= 15 is 0 Å². The van der Waals surface area contributed by atoms with Crippen LogP contribution in [0.3, 0.4) is 0 Å². The van der Waals surface area contributed by atoms with Crippen LogP contribution < -0.4 is 4.90 Å². The Kier molecular flexibility index (Phi) is 3.24. The molecule has 0 spiro atoms. The quantitative estimate of drug-likeness (QED) is 0.585. The minimum atomic E-state index is -0.450. The summed E-state index contributed by atoms with van der Waals surface area (Å²) in [5.41, 5.74) is 2.19. The minimum absolute atomic E-state index is 0.416. The van der Waals surface area contributed by atoms with Crippen LogP contribution in [-0.4, -0.2) is 31.4 Å². The monoisotopic (exact) mass is 233 g/mol. The van der Waals surface area contributed by atoms with Crippen molar-refractivity contribution in [1.29, 1.82) is 0 Å². The van der Waals surface area contributed by atoms with E-state index in [1.54, 1.807) is 12.1 Å². The van der Waals surface area contributed by atoms with Crippen molar-refractivity contribution >= 4 is 17.4 Å². The zero-order chi connectivity index (χ0) is 12.4. The van der Waals surface area contributed by atoms with Gasteiger partial charge in [0.05, 0.1) is 17.9 Å². The first-order valence-corrected chi connectivity index (χ1v) is 5.70. The predicted molar refractivity (Wildman–Crippen MR) is 64.4 cm³/mol. The number of benzene rings is 1. The van der Waals surface area contributed by atoms with Crippen LogP contribution in [0.25, 0.3) is 0 Å². The highest BCUT2D eigenvalue weighted by Gasteiger charge is 2.36. The number of para-hydroxylation sites is 1. The molecule has 1 aromatic rings. The van der Waals surface area contributed by atoms with Crippen LogP contribution in [-0.2, 0) is 9.53 Å². The molecule has 90 valence electrons. The lowest BCUT2D eigenvalue weighted by Crippen LogP contribution is -2.33. The number of Topliss-reactive ketones (excluding diaryl/α,β-unsaturated/α-hetero) is 1. The number of amides is 1. The molecule has 17 heavy (non-hydrogen) atoms. The number of rotatable bonds is 4. The largest absolute Gasteiger partial charge is 0.380 e. The van der Waals surface area contributed by atoms with E-state index in [-0.39, 0.29) is 0 Å². The van der Waals surface area contributed by atoms with Gasteiger partial charge >= 0.3 is 0 Å². The maximum atomic E-state index is 11.8. The van der Waals surface area contributed by atoms with Crippen molar-refractivity contribution in [2.45, 2.75) is 13.8 Å². The summed E-state index contributed by atoms with van der Waals surface area (Å²) in [6, 6.07) is 5.40. The van der Waals surface area contributed by atoms with Gasteiger partial charge in [-0.15, -0.1) is 0 Å². The standard InChI is InChI=1S/C13H15NO3/c1-3-17-8-7-14-11-9(2)5-4-6-10(11)12(15)13(14)16/h4-6H,3,7-8H2,1-2H3. The normalized spacial score (nSPS) is 14.4. The van der Waals surface area contributed by atoms with Crippen LogP contribution in [0.5, 0.6) is 0 Å². The highest BCUT2D eigenvalue weighted by molar-refractivity contribution is 6.52. The van der Waals surface area contributed by atoms with Crippen molar-refractivity contribution in [2.75, 3.05) is 24.7 Å². The fourth-order valence-corrected chi connectivity index (χ4v) is 2.05. The van der Waals surface area contributed by atoms with E-state index in [0.717, 1.165) is 11.3 Å². The Balaban J connectivity index is 2.30. The molecule has 1 aliphatic rings. The number of anilines is 1. The minimum Gasteiger partial charge on any atom is -0.380 e. The number of hydrogen-bond acceptors (Lipinski definition) is 3. The molecular formula is C13H15NO3. The summed E-state index contributed by atoms with van der Waals surface area (Å²) in [5, 5.41) is 0. The molecule has 0 radical (unpaired) electrons. The third-order valence-electron chi connectivity index (χ3n) is 2.86. The van der Waals surface area contributed by atoms with Crippen molar-refractivity contribution in [1.82, 2.24) is 0 Å². The molecular weight excluding hydrogens is 218 g/mol. The van der Waals surface area contributed by atoms with Crippen LogP contribution in [0, 0.1) is 6.92 Å². The number of carbonyl (C=O) groups excluding carboxylic acids is 2. The van der Waals surface area contributed by atoms with Gasteiger partial charge in [-0.25, -0.2) is 0 Å². The van der Waals surface area contributed by atoms with Crippen LogP contribution in [0.15, 0.2) is 18.2 Å². The number of fused-ring (bicyclic) bond motifs is 1. The zero-order valence-electron chi connectivity index (χ0n) is 10.0. The lowest BCUT2D eigenvalue weighted by atomic mass is 10.1. The summed E-state index contributed by atoms with van der Waals surface area (Å²) < 4.78 is 5.23. The van der Waals surface area contributed by atoms with Gasteiger partial charge in [0.25, 0.3) is 11.7 Å². The predicted octanol–water partition coefficient (Wildman–Crippen LogP) is 1.56. The molecule has 0 fully saturated rings. The maximum Gasteiger partial charge on any atom is 0.299 e. The number of ketones is 1. The van der Waals surface area contributed by atoms with E-state index in [9.17, 15) is 9.59 Å². The fourth-order valence-electron chi connectivity index (χ4n) is 2.05. The molecule has 0 saturated carbocycles. The Labute approximate surface area is 100 Å². The molecule has 1 aromatic carbocycles. The molecule has 1 amide bonds. The second-order valence-electron chi connectivity index (χ2n) is 3.95. The van der Waals surface area contributed by atoms with Crippen molar-refractivity contribution in [2.24, 2.45) is 0 Å². The topological polar surface area (TPSA) is 46.6 Å². The summed E-state index contributed by atoms with van der Waals surface area (Å²) in [6.45, 7) is 5.28. The molecule has 2 rings (SSSR count). The molecule has 0 aromatic heterocycles. The second kappa shape index (κ2) is 4.67. The van der Waals surface area contributed by atoms with Gasteiger partial charge in [0.2, 0.25) is 0 Å². The van der Waals surface area contributed by atoms with E-state index in [4.69, 9.17) is 4.74 Å². The first kappa shape index (κ1) is 11.8. The SMILES string of the molecule is CCOCCN1C(=O)C(=O)c2cccc(C)c21. The third-order valence-corrected chi connectivity index (χ3v) is 2.86. The van der Waals surface area contributed by atoms with Crippen LogP contribution in [0.1, 0.15) is 22.8 Å². The van der Waals surface area contributed by atoms with Gasteiger partial charge in [-0.05, 0) is 25.5 Å². The average Bonchev–Trinajstić information content (AvgIpc) is 2.56. The van der Waals surface area contributed by atoms with Gasteiger partial charge in [0, 0.05) is 13.2 Å². The molecule has 1 heterocycles. The lowest BCUT2D eigenvalue weighted by Gasteiger charge is -2.17. The number of aryl methyl sites for hydroxylation is 1. The smallest absolute Gasteiger partial charge is 0.299 e. The lowest BCUT2D eigenvalue weighted by molar-refractivity contribution is -0.114. The highest BCUT2D eigenvalue weighted by atomic mass is 16.5. The molecule has 0 bridgehead atoms. The summed E-state index contributed by atoms with van der Waals surface area (Å²) in [7, 11) is 0. The first-order chi connectivity index (χ1) is 8.16. The Hall–Kier alpha value is -1.68. The Morgan fingerprint density at radius 3 is 2.76 bits per heavy atom. The second-order valence-corrected chi connectivity index (χ2v) is 3.95. The molecule has 0 unspecified atom stereocenters. The number of ether oxygens (including phenoxy) is 1. The Morgan fingerprint density at radius 1 is 1.29 bits per heavy atom. The number of nitrogens with zero attached hydrogens (tertiary/aromatic N) is 1. The third kappa shape index (κ3) is 1.96. The van der Waals surface area contributed by atoms with E-state index in [1.807, 2.05) is 19.9 Å². The van der Waals surface area contributed by atoms with E-state index in [1.165, 1.54) is 4.90 Å². The van der Waals surface area contributed by atoms with E-state index in [2.05, 4.69) is 0 Å². The molecule has 0 atom stereocenters. The van der Waals surface area contributed by atoms with Gasteiger partial charge in [-0.3, -0.25) is 9.59 Å². The maximum absolute atomic E-state index is 11.8. The van der Waals surface area contributed by atoms with Gasteiger partial charge < -0.3 is 9.64 Å². The van der Waals surface area contributed by atoms with Crippen molar-refractivity contribution < 1.29 is 14.3 Å². The number of hydrogen-bond donors (Lipinski definition) is 0. The average molecular weight is 233 g/mol. The van der Waals surface area contributed by atoms with Crippen LogP contribution in [0.4, 0.5) is 5.69 Å². The van der Waals surface area contributed by atoms with Crippen LogP contribution >= 0.6 is 0 Å². The van der Waals surface area contributed by atoms with Crippen molar-refractivity contribution in [3.63, 3.8) is 0 Å². The first-order valence-electron chi connectivity index (χ1n) is 5.70. The molecule has 4 nitrogen and oxygen atoms in total. The summed E-state index contributed by atoms with van der Waals surface area (Å²) in [4.78, 5) is 25.1. The fraction of sp³-hybridized carbons (Fsp3) is 0.385. The molecule has 0 saturated heterocycles. The highest BCUT2D eigenvalue weighted by Crippen LogP contribution is 2.31. The van der Waals surface area contributed by atoms with Crippen LogP contribution in [0.2, 0.25) is 0 Å². The number of carbonyl (C=O) groups is 2.